The number of anilines is 1. The molecule has 0 spiro atoms. The van der Waals surface area contributed by atoms with E-state index in [1.54, 1.807) is 12.1 Å². The van der Waals surface area contributed by atoms with Crippen LogP contribution in [0.4, 0.5) is 5.82 Å². The van der Waals surface area contributed by atoms with Gasteiger partial charge in [-0.15, -0.1) is 11.3 Å². The van der Waals surface area contributed by atoms with Crippen LogP contribution < -0.4 is 5.32 Å². The van der Waals surface area contributed by atoms with Gasteiger partial charge in [0.1, 0.15) is 17.2 Å². The molecule has 0 unspecified atom stereocenters. The number of ether oxygens (including phenoxy) is 1. The van der Waals surface area contributed by atoms with E-state index in [9.17, 15) is 13.2 Å². The van der Waals surface area contributed by atoms with Crippen LogP contribution in [0.1, 0.15) is 17.3 Å². The third-order valence-electron chi connectivity index (χ3n) is 6.42. The van der Waals surface area contributed by atoms with Crippen molar-refractivity contribution < 1.29 is 17.9 Å². The van der Waals surface area contributed by atoms with Crippen molar-refractivity contribution in [2.75, 3.05) is 45.2 Å². The molecular formula is C26H28N6O4S2. The van der Waals surface area contributed by atoms with Crippen LogP contribution >= 0.6 is 11.3 Å². The summed E-state index contributed by atoms with van der Waals surface area (Å²) in [6.07, 6.45) is 2.88. The summed E-state index contributed by atoms with van der Waals surface area (Å²) < 4.78 is 33.2. The van der Waals surface area contributed by atoms with Gasteiger partial charge in [0.25, 0.3) is 10.0 Å². The highest BCUT2D eigenvalue weighted by Crippen LogP contribution is 2.30. The Labute approximate surface area is 225 Å². The summed E-state index contributed by atoms with van der Waals surface area (Å²) in [5, 5.41) is 4.85. The van der Waals surface area contributed by atoms with Gasteiger partial charge in [-0.05, 0) is 19.1 Å². The number of sulfonamides is 1. The number of hydrogen-bond donors (Lipinski definition) is 1. The Balaban J connectivity index is 1.20. The molecule has 5 rings (SSSR count). The van der Waals surface area contributed by atoms with Crippen LogP contribution in [0.2, 0.25) is 0 Å². The monoisotopic (exact) mass is 552 g/mol. The first-order valence-electron chi connectivity index (χ1n) is 12.2. The molecule has 1 fully saturated rings. The Hall–Kier alpha value is -3.45. The van der Waals surface area contributed by atoms with Gasteiger partial charge >= 0.3 is 5.97 Å². The Bertz CT molecular complexity index is 1540. The van der Waals surface area contributed by atoms with Crippen molar-refractivity contribution in [1.82, 2.24) is 24.2 Å². The molecule has 12 heteroatoms. The highest BCUT2D eigenvalue weighted by Gasteiger charge is 2.30. The van der Waals surface area contributed by atoms with Gasteiger partial charge in [-0.3, -0.25) is 4.90 Å². The molecule has 1 aliphatic heterocycles. The van der Waals surface area contributed by atoms with Crippen LogP contribution in [0, 0.1) is 0 Å². The number of benzene rings is 2. The molecule has 1 N–H and O–H groups in total. The number of aromatic nitrogens is 3. The number of methoxy groups -OCH3 is 1. The van der Waals surface area contributed by atoms with Crippen molar-refractivity contribution in [3.63, 3.8) is 0 Å². The maximum atomic E-state index is 13.2. The van der Waals surface area contributed by atoms with Crippen molar-refractivity contribution in [3.8, 4) is 10.6 Å². The number of rotatable bonds is 8. The number of thiazole rings is 1. The molecule has 0 radical (unpaired) electrons. The molecule has 3 heterocycles. The number of esters is 1. The topological polar surface area (TPSA) is 118 Å². The van der Waals surface area contributed by atoms with Crippen molar-refractivity contribution in [3.05, 3.63) is 66.6 Å². The zero-order valence-electron chi connectivity index (χ0n) is 21.1. The SMILES string of the molecule is COC(=O)c1cccc2c(N[C@@H](C)CN3CCN(S(=O)(=O)c4cnc(-c5ccccc5)s4)CC3)ncnc12. The van der Waals surface area contributed by atoms with E-state index in [0.717, 1.165) is 10.9 Å². The fourth-order valence-electron chi connectivity index (χ4n) is 4.52. The first-order valence-corrected chi connectivity index (χ1v) is 14.4. The van der Waals surface area contributed by atoms with E-state index >= 15 is 0 Å². The number of carbonyl (C=O) groups excluding carboxylic acids is 1. The minimum absolute atomic E-state index is 0.0213. The molecule has 0 amide bonds. The molecule has 198 valence electrons. The van der Waals surface area contributed by atoms with E-state index in [4.69, 9.17) is 4.74 Å². The quantitative estimate of drug-likeness (QED) is 0.328. The van der Waals surface area contributed by atoms with E-state index in [-0.39, 0.29) is 10.3 Å². The predicted octanol–water partition coefficient (Wildman–Crippen LogP) is 3.35. The minimum atomic E-state index is -3.59. The van der Waals surface area contributed by atoms with Gasteiger partial charge in [0.05, 0.1) is 24.4 Å². The maximum absolute atomic E-state index is 13.2. The molecule has 2 aromatic carbocycles. The Kier molecular flexibility index (Phi) is 7.65. The Morgan fingerprint density at radius 2 is 1.82 bits per heavy atom. The number of nitrogens with zero attached hydrogens (tertiary/aromatic N) is 5. The van der Waals surface area contributed by atoms with Crippen LogP contribution in [-0.2, 0) is 14.8 Å². The number of fused-ring (bicyclic) bond motifs is 1. The number of para-hydroxylation sites is 1. The molecule has 1 saturated heterocycles. The highest BCUT2D eigenvalue weighted by molar-refractivity contribution is 7.91. The first kappa shape index (κ1) is 26.2. The maximum Gasteiger partial charge on any atom is 0.340 e. The van der Waals surface area contributed by atoms with Gasteiger partial charge in [-0.2, -0.15) is 4.31 Å². The smallest absolute Gasteiger partial charge is 0.340 e. The summed E-state index contributed by atoms with van der Waals surface area (Å²) in [6, 6.07) is 14.9. The lowest BCUT2D eigenvalue weighted by Gasteiger charge is -2.35. The normalized spacial score (nSPS) is 15.8. The lowest BCUT2D eigenvalue weighted by Crippen LogP contribution is -2.50. The number of hydrogen-bond acceptors (Lipinski definition) is 10. The van der Waals surface area contributed by atoms with Gasteiger partial charge in [0.2, 0.25) is 0 Å². The Morgan fingerprint density at radius 1 is 1.05 bits per heavy atom. The molecule has 4 aromatic rings. The van der Waals surface area contributed by atoms with Crippen LogP contribution in [0.25, 0.3) is 21.5 Å². The van der Waals surface area contributed by atoms with E-state index in [1.807, 2.05) is 43.3 Å². The standard InChI is InChI=1S/C26H28N6O4S2/c1-18(30-24-20-9-6-10-21(26(33)36-2)23(20)28-17-29-24)16-31-11-13-32(14-12-31)38(34,35)22-15-27-25(37-22)19-7-4-3-5-8-19/h3-10,15,17-18H,11-14,16H2,1-2H3,(H,28,29,30)/t18-/m0/s1. The molecule has 10 nitrogen and oxygen atoms in total. The fraction of sp³-hybridized carbons (Fsp3) is 0.308. The van der Waals surface area contributed by atoms with Gasteiger partial charge < -0.3 is 10.1 Å². The van der Waals surface area contributed by atoms with Crippen molar-refractivity contribution in [2.45, 2.75) is 17.2 Å². The molecule has 0 saturated carbocycles. The largest absolute Gasteiger partial charge is 0.465 e. The second-order valence-electron chi connectivity index (χ2n) is 9.02. The summed E-state index contributed by atoms with van der Waals surface area (Å²) in [5.41, 5.74) is 1.82. The van der Waals surface area contributed by atoms with Crippen LogP contribution in [-0.4, -0.2) is 84.4 Å². The summed E-state index contributed by atoms with van der Waals surface area (Å²) in [4.78, 5) is 27.4. The Morgan fingerprint density at radius 3 is 2.55 bits per heavy atom. The third kappa shape index (κ3) is 5.39. The second kappa shape index (κ2) is 11.1. The number of nitrogens with one attached hydrogen (secondary N) is 1. The third-order valence-corrected chi connectivity index (χ3v) is 9.80. The van der Waals surface area contributed by atoms with Crippen molar-refractivity contribution in [1.29, 1.82) is 0 Å². The predicted molar refractivity (Wildman–Crippen MR) is 147 cm³/mol. The average Bonchev–Trinajstić information content (AvgIpc) is 3.45. The van der Waals surface area contributed by atoms with E-state index in [2.05, 4.69) is 25.2 Å². The summed E-state index contributed by atoms with van der Waals surface area (Å²) >= 11 is 1.20. The van der Waals surface area contributed by atoms with Gasteiger partial charge in [0.15, 0.2) is 4.21 Å². The molecule has 38 heavy (non-hydrogen) atoms. The summed E-state index contributed by atoms with van der Waals surface area (Å²) in [5.74, 6) is 0.185. The fourth-order valence-corrected chi connectivity index (χ4v) is 7.23. The second-order valence-corrected chi connectivity index (χ2v) is 12.2. The molecular weight excluding hydrogens is 524 g/mol. The summed E-state index contributed by atoms with van der Waals surface area (Å²) in [7, 11) is -2.25. The van der Waals surface area contributed by atoms with Crippen molar-refractivity contribution >= 4 is 44.1 Å². The number of carbonyl (C=O) groups is 1. The van der Waals surface area contributed by atoms with E-state index in [0.29, 0.717) is 54.6 Å². The van der Waals surface area contributed by atoms with Gasteiger partial charge in [-0.25, -0.2) is 28.2 Å². The molecule has 0 bridgehead atoms. The molecule has 0 aliphatic carbocycles. The van der Waals surface area contributed by atoms with Gasteiger partial charge in [-0.1, -0.05) is 36.4 Å². The minimum Gasteiger partial charge on any atom is -0.465 e. The van der Waals surface area contributed by atoms with E-state index < -0.39 is 16.0 Å². The van der Waals surface area contributed by atoms with Crippen LogP contribution in [0.15, 0.2) is 65.3 Å². The van der Waals surface area contributed by atoms with Gasteiger partial charge in [0, 0.05) is 49.7 Å². The zero-order chi connectivity index (χ0) is 26.7. The lowest BCUT2D eigenvalue weighted by molar-refractivity contribution is 0.0602. The van der Waals surface area contributed by atoms with Crippen molar-refractivity contribution in [2.24, 2.45) is 0 Å². The average molecular weight is 553 g/mol. The zero-order valence-corrected chi connectivity index (χ0v) is 22.7. The van der Waals surface area contributed by atoms with E-state index in [1.165, 1.54) is 35.3 Å². The van der Waals surface area contributed by atoms with Crippen LogP contribution in [0.3, 0.4) is 0 Å². The highest BCUT2D eigenvalue weighted by atomic mass is 32.2. The lowest BCUT2D eigenvalue weighted by atomic mass is 10.1. The van der Waals surface area contributed by atoms with Crippen LogP contribution in [0.5, 0.6) is 0 Å². The molecule has 2 aromatic heterocycles. The first-order chi connectivity index (χ1) is 18.4. The number of piperazine rings is 1. The molecule has 1 aliphatic rings. The summed E-state index contributed by atoms with van der Waals surface area (Å²) in [6.45, 7) is 4.80. The molecule has 1 atom stereocenters.